The summed E-state index contributed by atoms with van der Waals surface area (Å²) >= 11 is 3.21. The number of halogens is 3. The minimum atomic E-state index is -0.901. The van der Waals surface area contributed by atoms with E-state index in [-0.39, 0.29) is 16.8 Å². The molecule has 0 saturated heterocycles. The third-order valence-electron chi connectivity index (χ3n) is 2.43. The number of nitrogen functional groups attached to an aromatic ring is 1. The molecule has 0 bridgehead atoms. The minimum absolute atomic E-state index is 0.184. The molecular weight excluding hydrogens is 304 g/mol. The van der Waals surface area contributed by atoms with Crippen LogP contribution in [-0.2, 0) is 0 Å². The first-order valence-electron chi connectivity index (χ1n) is 5.04. The van der Waals surface area contributed by atoms with E-state index in [1.807, 2.05) is 0 Å². The number of ketones is 1. The normalized spacial score (nSPS) is 10.4. The van der Waals surface area contributed by atoms with Crippen LogP contribution in [0.3, 0.4) is 0 Å². The van der Waals surface area contributed by atoms with Crippen molar-refractivity contribution in [1.82, 2.24) is 0 Å². The van der Waals surface area contributed by atoms with Crippen molar-refractivity contribution in [1.29, 1.82) is 0 Å². The maximum atomic E-state index is 13.5. The molecule has 0 aliphatic carbocycles. The van der Waals surface area contributed by atoms with Crippen LogP contribution >= 0.6 is 15.9 Å². The monoisotopic (exact) mass is 311 g/mol. The zero-order valence-corrected chi connectivity index (χ0v) is 10.7. The van der Waals surface area contributed by atoms with Crippen molar-refractivity contribution in [2.75, 3.05) is 5.73 Å². The number of carbonyl (C=O) groups excluding carboxylic acids is 1. The van der Waals surface area contributed by atoms with Gasteiger partial charge in [0.05, 0.1) is 5.56 Å². The Hall–Kier alpha value is -1.75. The Morgan fingerprint density at radius 1 is 1.06 bits per heavy atom. The van der Waals surface area contributed by atoms with Gasteiger partial charge in [0.25, 0.3) is 0 Å². The topological polar surface area (TPSA) is 43.1 Å². The Labute approximate surface area is 111 Å². The molecule has 2 aromatic carbocycles. The number of rotatable bonds is 2. The van der Waals surface area contributed by atoms with E-state index in [0.717, 1.165) is 16.6 Å². The molecule has 0 unspecified atom stereocenters. The van der Waals surface area contributed by atoms with Crippen LogP contribution in [0.15, 0.2) is 40.9 Å². The summed E-state index contributed by atoms with van der Waals surface area (Å²) in [5, 5.41) is 0. The molecular formula is C13H8BrF2NO. The van der Waals surface area contributed by atoms with Crippen LogP contribution in [0, 0.1) is 11.6 Å². The zero-order chi connectivity index (χ0) is 13.3. The molecule has 5 heteroatoms. The molecule has 0 amide bonds. The molecule has 2 nitrogen and oxygen atoms in total. The Bertz CT molecular complexity index is 575. The highest BCUT2D eigenvalue weighted by atomic mass is 79.9. The van der Waals surface area contributed by atoms with E-state index in [2.05, 4.69) is 15.9 Å². The summed E-state index contributed by atoms with van der Waals surface area (Å²) < 4.78 is 27.0. The van der Waals surface area contributed by atoms with Crippen molar-refractivity contribution in [3.63, 3.8) is 0 Å². The lowest BCUT2D eigenvalue weighted by molar-refractivity contribution is 0.103. The summed E-state index contributed by atoms with van der Waals surface area (Å²) in [4.78, 5) is 12.1. The Morgan fingerprint density at radius 2 is 1.72 bits per heavy atom. The highest BCUT2D eigenvalue weighted by Gasteiger charge is 2.16. The fraction of sp³-hybridized carbons (Fsp3) is 0. The van der Waals surface area contributed by atoms with Gasteiger partial charge in [0.15, 0.2) is 5.78 Å². The van der Waals surface area contributed by atoms with Crippen LogP contribution in [0.5, 0.6) is 0 Å². The predicted molar refractivity (Wildman–Crippen MR) is 68.3 cm³/mol. The van der Waals surface area contributed by atoms with Crippen molar-refractivity contribution in [3.8, 4) is 0 Å². The summed E-state index contributed by atoms with van der Waals surface area (Å²) in [5.74, 6) is -2.20. The van der Waals surface area contributed by atoms with Gasteiger partial charge in [-0.1, -0.05) is 15.9 Å². The van der Waals surface area contributed by atoms with Gasteiger partial charge in [0.1, 0.15) is 11.6 Å². The van der Waals surface area contributed by atoms with E-state index in [9.17, 15) is 13.6 Å². The van der Waals surface area contributed by atoms with Gasteiger partial charge in [-0.3, -0.25) is 4.79 Å². The average molecular weight is 312 g/mol. The molecule has 0 radical (unpaired) electrons. The second-order valence-corrected chi connectivity index (χ2v) is 4.60. The van der Waals surface area contributed by atoms with E-state index in [1.165, 1.54) is 6.07 Å². The summed E-state index contributed by atoms with van der Waals surface area (Å²) in [5.41, 5.74) is 5.91. The lowest BCUT2D eigenvalue weighted by Crippen LogP contribution is -2.07. The van der Waals surface area contributed by atoms with Gasteiger partial charge < -0.3 is 5.73 Å². The quantitative estimate of drug-likeness (QED) is 0.681. The molecule has 2 aromatic rings. The molecule has 0 aliphatic rings. The third kappa shape index (κ3) is 2.41. The van der Waals surface area contributed by atoms with Gasteiger partial charge >= 0.3 is 0 Å². The number of anilines is 1. The Balaban J connectivity index is 2.48. The molecule has 0 heterocycles. The summed E-state index contributed by atoms with van der Waals surface area (Å²) in [6.45, 7) is 0. The van der Waals surface area contributed by atoms with Crippen LogP contribution in [0.1, 0.15) is 15.9 Å². The standard InChI is InChI=1S/C13H8BrF2NO/c14-7-1-3-10(12(17)5-7)13(18)9-4-2-8(15)6-11(9)16/h1-6H,17H2. The van der Waals surface area contributed by atoms with Crippen LogP contribution < -0.4 is 5.73 Å². The lowest BCUT2D eigenvalue weighted by atomic mass is 10.0. The van der Waals surface area contributed by atoms with Gasteiger partial charge in [0.2, 0.25) is 0 Å². The molecule has 0 saturated carbocycles. The fourth-order valence-electron chi connectivity index (χ4n) is 1.56. The van der Waals surface area contributed by atoms with Gasteiger partial charge in [-0.05, 0) is 30.3 Å². The lowest BCUT2D eigenvalue weighted by Gasteiger charge is -2.06. The molecule has 0 aliphatic heterocycles. The van der Waals surface area contributed by atoms with Crippen LogP contribution in [0.25, 0.3) is 0 Å². The van der Waals surface area contributed by atoms with Gasteiger partial charge in [-0.2, -0.15) is 0 Å². The maximum absolute atomic E-state index is 13.5. The van der Waals surface area contributed by atoms with E-state index >= 15 is 0 Å². The second kappa shape index (κ2) is 4.86. The third-order valence-corrected chi connectivity index (χ3v) is 2.93. The SMILES string of the molecule is Nc1cc(Br)ccc1C(=O)c1ccc(F)cc1F. The van der Waals surface area contributed by atoms with Crippen LogP contribution in [0.4, 0.5) is 14.5 Å². The van der Waals surface area contributed by atoms with E-state index in [1.54, 1.807) is 12.1 Å². The molecule has 0 fully saturated rings. The molecule has 0 atom stereocenters. The number of carbonyl (C=O) groups is 1. The molecule has 2 N–H and O–H groups in total. The van der Waals surface area contributed by atoms with Gasteiger partial charge in [-0.15, -0.1) is 0 Å². The molecule has 0 aromatic heterocycles. The average Bonchev–Trinajstić information content (AvgIpc) is 2.28. The summed E-state index contributed by atoms with van der Waals surface area (Å²) in [6.07, 6.45) is 0. The molecule has 0 spiro atoms. The number of benzene rings is 2. The summed E-state index contributed by atoms with van der Waals surface area (Å²) in [7, 11) is 0. The van der Waals surface area contributed by atoms with Crippen LogP contribution in [-0.4, -0.2) is 5.78 Å². The second-order valence-electron chi connectivity index (χ2n) is 3.68. The summed E-state index contributed by atoms with van der Waals surface area (Å²) in [6, 6.07) is 7.48. The van der Waals surface area contributed by atoms with Gasteiger partial charge in [0, 0.05) is 21.8 Å². The van der Waals surface area contributed by atoms with Crippen LogP contribution in [0.2, 0.25) is 0 Å². The number of nitrogens with two attached hydrogens (primary N) is 1. The maximum Gasteiger partial charge on any atom is 0.198 e. The first-order chi connectivity index (χ1) is 8.49. The Kier molecular flexibility index (Phi) is 3.43. The smallest absolute Gasteiger partial charge is 0.198 e. The van der Waals surface area contributed by atoms with Crippen molar-refractivity contribution >= 4 is 27.4 Å². The zero-order valence-electron chi connectivity index (χ0n) is 9.08. The first kappa shape index (κ1) is 12.7. The van der Waals surface area contributed by atoms with Crippen molar-refractivity contribution < 1.29 is 13.6 Å². The van der Waals surface area contributed by atoms with E-state index in [4.69, 9.17) is 5.73 Å². The van der Waals surface area contributed by atoms with Crippen molar-refractivity contribution in [2.45, 2.75) is 0 Å². The van der Waals surface area contributed by atoms with Crippen molar-refractivity contribution in [2.24, 2.45) is 0 Å². The first-order valence-corrected chi connectivity index (χ1v) is 5.83. The fourth-order valence-corrected chi connectivity index (χ4v) is 1.94. The van der Waals surface area contributed by atoms with E-state index < -0.39 is 17.4 Å². The Morgan fingerprint density at radius 3 is 2.33 bits per heavy atom. The van der Waals surface area contributed by atoms with Gasteiger partial charge in [-0.25, -0.2) is 8.78 Å². The van der Waals surface area contributed by atoms with E-state index in [0.29, 0.717) is 6.07 Å². The largest absolute Gasteiger partial charge is 0.398 e. The van der Waals surface area contributed by atoms with Crippen molar-refractivity contribution in [3.05, 3.63) is 63.6 Å². The highest BCUT2D eigenvalue weighted by molar-refractivity contribution is 9.10. The molecule has 92 valence electrons. The number of hydrogen-bond acceptors (Lipinski definition) is 2. The minimum Gasteiger partial charge on any atom is -0.398 e. The molecule has 2 rings (SSSR count). The predicted octanol–water partition coefficient (Wildman–Crippen LogP) is 3.54. The highest BCUT2D eigenvalue weighted by Crippen LogP contribution is 2.22. The molecule has 18 heavy (non-hydrogen) atoms. The number of hydrogen-bond donors (Lipinski definition) is 1.